The van der Waals surface area contributed by atoms with Crippen molar-refractivity contribution in [3.05, 3.63) is 28.2 Å². The number of hydrogen-bond donors (Lipinski definition) is 2. The molecule has 7 heteroatoms. The van der Waals surface area contributed by atoms with Crippen LogP contribution in [0, 0.1) is 0 Å². The third-order valence-corrected chi connectivity index (χ3v) is 4.90. The number of ether oxygens (including phenoxy) is 1. The van der Waals surface area contributed by atoms with E-state index < -0.39 is 11.3 Å². The third-order valence-electron chi connectivity index (χ3n) is 4.24. The van der Waals surface area contributed by atoms with Gasteiger partial charge in [-0.3, -0.25) is 4.79 Å². The maximum absolute atomic E-state index is 12.4. The van der Waals surface area contributed by atoms with E-state index in [1.165, 1.54) is 0 Å². The van der Waals surface area contributed by atoms with Crippen molar-refractivity contribution in [2.75, 3.05) is 18.4 Å². The molecule has 1 aromatic rings. The van der Waals surface area contributed by atoms with Gasteiger partial charge in [-0.15, -0.1) is 0 Å². The van der Waals surface area contributed by atoms with Crippen LogP contribution in [0.15, 0.2) is 22.7 Å². The molecule has 0 unspecified atom stereocenters. The molecule has 2 aliphatic rings. The molecule has 1 aromatic carbocycles. The van der Waals surface area contributed by atoms with Crippen LogP contribution in [-0.2, 0) is 4.74 Å². The molecule has 6 nitrogen and oxygen atoms in total. The second-order valence-electron chi connectivity index (χ2n) is 7.29. The van der Waals surface area contributed by atoms with E-state index in [1.807, 2.05) is 32.9 Å². The monoisotopic (exact) mass is 395 g/mol. The van der Waals surface area contributed by atoms with Crippen molar-refractivity contribution >= 4 is 33.6 Å². The van der Waals surface area contributed by atoms with Gasteiger partial charge < -0.3 is 20.3 Å². The van der Waals surface area contributed by atoms with Crippen molar-refractivity contribution in [2.24, 2.45) is 0 Å². The summed E-state index contributed by atoms with van der Waals surface area (Å²) in [7, 11) is 0. The predicted molar refractivity (Wildman–Crippen MR) is 95.0 cm³/mol. The van der Waals surface area contributed by atoms with Gasteiger partial charge in [0, 0.05) is 30.4 Å². The van der Waals surface area contributed by atoms with Gasteiger partial charge in [-0.2, -0.15) is 0 Å². The average molecular weight is 396 g/mol. The molecule has 2 amide bonds. The summed E-state index contributed by atoms with van der Waals surface area (Å²) in [6, 6.07) is 5.55. The number of carbonyl (C=O) groups is 2. The first-order valence-corrected chi connectivity index (χ1v) is 8.86. The molecule has 130 valence electrons. The van der Waals surface area contributed by atoms with Gasteiger partial charge >= 0.3 is 6.09 Å². The van der Waals surface area contributed by atoms with Crippen LogP contribution >= 0.6 is 15.9 Å². The molecule has 0 bridgehead atoms. The Morgan fingerprint density at radius 2 is 1.92 bits per heavy atom. The number of halogens is 1. The van der Waals surface area contributed by atoms with Gasteiger partial charge in [0.25, 0.3) is 5.91 Å². The van der Waals surface area contributed by atoms with Crippen molar-refractivity contribution < 1.29 is 14.3 Å². The Balaban J connectivity index is 1.71. The fourth-order valence-corrected chi connectivity index (χ4v) is 3.51. The summed E-state index contributed by atoms with van der Waals surface area (Å²) in [5.41, 5.74) is 0.413. The first kappa shape index (κ1) is 17.1. The minimum Gasteiger partial charge on any atom is -0.444 e. The van der Waals surface area contributed by atoms with Crippen LogP contribution in [0.25, 0.3) is 0 Å². The van der Waals surface area contributed by atoms with E-state index in [1.54, 1.807) is 11.0 Å². The number of benzene rings is 1. The smallest absolute Gasteiger partial charge is 0.410 e. The molecule has 1 fully saturated rings. The summed E-state index contributed by atoms with van der Waals surface area (Å²) < 4.78 is 6.29. The second-order valence-corrected chi connectivity index (χ2v) is 8.15. The van der Waals surface area contributed by atoms with Gasteiger partial charge in [0.05, 0.1) is 11.3 Å². The van der Waals surface area contributed by atoms with Gasteiger partial charge in [-0.25, -0.2) is 4.79 Å². The van der Waals surface area contributed by atoms with E-state index in [0.29, 0.717) is 31.5 Å². The van der Waals surface area contributed by atoms with Gasteiger partial charge in [-0.05, 0) is 48.8 Å². The average Bonchev–Trinajstić information content (AvgIpc) is 2.47. The molecule has 0 atom stereocenters. The van der Waals surface area contributed by atoms with Crippen LogP contribution in [0.4, 0.5) is 10.5 Å². The van der Waals surface area contributed by atoms with Crippen molar-refractivity contribution in [1.29, 1.82) is 0 Å². The number of amides is 2. The molecule has 0 radical (unpaired) electrons. The summed E-state index contributed by atoms with van der Waals surface area (Å²) >= 11 is 3.50. The number of nitrogens with zero attached hydrogens (tertiary/aromatic N) is 1. The number of carbonyl (C=O) groups excluding carboxylic acids is 2. The Hall–Kier alpha value is -1.76. The molecule has 1 saturated heterocycles. The first-order chi connectivity index (χ1) is 11.2. The summed E-state index contributed by atoms with van der Waals surface area (Å²) in [6.45, 7) is 6.62. The van der Waals surface area contributed by atoms with Crippen molar-refractivity contribution in [1.82, 2.24) is 10.2 Å². The van der Waals surface area contributed by atoms with E-state index in [-0.39, 0.29) is 12.0 Å². The molecular weight excluding hydrogens is 374 g/mol. The number of nitrogens with one attached hydrogen (secondary N) is 2. The molecule has 1 spiro atoms. The fourth-order valence-electron chi connectivity index (χ4n) is 3.04. The topological polar surface area (TPSA) is 70.7 Å². The molecule has 2 heterocycles. The van der Waals surface area contributed by atoms with Crippen LogP contribution in [0.2, 0.25) is 0 Å². The molecule has 0 aromatic heterocycles. The van der Waals surface area contributed by atoms with Crippen LogP contribution < -0.4 is 10.6 Å². The van der Waals surface area contributed by atoms with Gasteiger partial charge in [-0.1, -0.05) is 6.07 Å². The highest BCUT2D eigenvalue weighted by Crippen LogP contribution is 2.36. The van der Waals surface area contributed by atoms with E-state index in [9.17, 15) is 9.59 Å². The summed E-state index contributed by atoms with van der Waals surface area (Å²) in [6.07, 6.45) is 0.943. The Labute approximate surface area is 150 Å². The van der Waals surface area contributed by atoms with Crippen molar-refractivity contribution in [3.8, 4) is 0 Å². The highest BCUT2D eigenvalue weighted by Gasteiger charge is 2.42. The molecule has 2 N–H and O–H groups in total. The van der Waals surface area contributed by atoms with Gasteiger partial charge in [0.1, 0.15) is 11.3 Å². The fraction of sp³-hybridized carbons (Fsp3) is 0.529. The summed E-state index contributed by atoms with van der Waals surface area (Å²) in [5.74, 6) is -0.0873. The van der Waals surface area contributed by atoms with E-state index in [0.717, 1.165) is 10.2 Å². The standard InChI is InChI=1S/C17H22BrN3O3/c1-16(2,3)24-15(23)21-9-7-17(8-10-21)19-13-11(14(22)20-17)5-4-6-12(13)18/h4-6,19H,7-10H2,1-3H3,(H,20,22). The SMILES string of the molecule is CC(C)(C)OC(=O)N1CCC2(CC1)NC(=O)c1cccc(Br)c1N2. The maximum atomic E-state index is 12.4. The zero-order valence-electron chi connectivity index (χ0n) is 14.1. The van der Waals surface area contributed by atoms with Gasteiger partial charge in [0.15, 0.2) is 0 Å². The second kappa shape index (κ2) is 5.95. The number of rotatable bonds is 0. The maximum Gasteiger partial charge on any atom is 0.410 e. The number of anilines is 1. The molecule has 2 aliphatic heterocycles. The Morgan fingerprint density at radius 1 is 1.25 bits per heavy atom. The van der Waals surface area contributed by atoms with Gasteiger partial charge in [0.2, 0.25) is 0 Å². The molecule has 24 heavy (non-hydrogen) atoms. The number of piperidine rings is 1. The summed E-state index contributed by atoms with van der Waals surface area (Å²) in [5, 5.41) is 6.53. The Bertz CT molecular complexity index is 676. The lowest BCUT2D eigenvalue weighted by molar-refractivity contribution is 0.0163. The van der Waals surface area contributed by atoms with Crippen LogP contribution in [-0.4, -0.2) is 41.3 Å². The van der Waals surface area contributed by atoms with E-state index in [2.05, 4.69) is 26.6 Å². The zero-order chi connectivity index (χ0) is 17.5. The lowest BCUT2D eigenvalue weighted by atomic mass is 9.92. The molecule has 0 aliphatic carbocycles. The quantitative estimate of drug-likeness (QED) is 0.706. The van der Waals surface area contributed by atoms with E-state index in [4.69, 9.17) is 4.74 Å². The molecular formula is C17H22BrN3O3. The van der Waals surface area contributed by atoms with Crippen molar-refractivity contribution in [3.63, 3.8) is 0 Å². The highest BCUT2D eigenvalue weighted by atomic mass is 79.9. The van der Waals surface area contributed by atoms with Crippen LogP contribution in [0.5, 0.6) is 0 Å². The number of likely N-dealkylation sites (tertiary alicyclic amines) is 1. The first-order valence-electron chi connectivity index (χ1n) is 8.06. The largest absolute Gasteiger partial charge is 0.444 e. The Kier molecular flexibility index (Phi) is 4.23. The molecule has 0 saturated carbocycles. The zero-order valence-corrected chi connectivity index (χ0v) is 15.7. The lowest BCUT2D eigenvalue weighted by Crippen LogP contribution is -2.63. The molecule has 3 rings (SSSR count). The van der Waals surface area contributed by atoms with E-state index >= 15 is 0 Å². The number of fused-ring (bicyclic) bond motifs is 1. The van der Waals surface area contributed by atoms with Crippen molar-refractivity contribution in [2.45, 2.75) is 44.9 Å². The van der Waals surface area contributed by atoms with Crippen LogP contribution in [0.1, 0.15) is 44.0 Å². The van der Waals surface area contributed by atoms with Crippen LogP contribution in [0.3, 0.4) is 0 Å². The predicted octanol–water partition coefficient (Wildman–Crippen LogP) is 3.33. The third kappa shape index (κ3) is 3.36. The number of para-hydroxylation sites is 1. The lowest BCUT2D eigenvalue weighted by Gasteiger charge is -2.46. The number of hydrogen-bond acceptors (Lipinski definition) is 4. The highest BCUT2D eigenvalue weighted by molar-refractivity contribution is 9.10. The normalized spacial score (nSPS) is 19.3. The summed E-state index contributed by atoms with van der Waals surface area (Å²) in [4.78, 5) is 26.3. The minimum atomic E-state index is -0.521. The Morgan fingerprint density at radius 3 is 2.54 bits per heavy atom. The minimum absolute atomic E-state index is 0.0873.